The summed E-state index contributed by atoms with van der Waals surface area (Å²) in [7, 11) is 0. The number of phenolic OH excluding ortho intramolecular Hbond substituents is 1. The average Bonchev–Trinajstić information content (AvgIpc) is 3.06. The van der Waals surface area contributed by atoms with Gasteiger partial charge in [-0.1, -0.05) is 18.2 Å². The SMILES string of the molecule is Cc1cc(C)c2oc(-c3ccc(NC(=O)c4ccccc4Br)cc3O)nc2c1. The molecule has 1 amide bonds. The van der Waals surface area contributed by atoms with Crippen LogP contribution in [0.15, 0.2) is 63.5 Å². The predicted octanol–water partition coefficient (Wildman–Crippen LogP) is 5.83. The molecule has 0 atom stereocenters. The molecular weight excluding hydrogens is 420 g/mol. The molecule has 0 radical (unpaired) electrons. The molecule has 0 unspecified atom stereocenters. The van der Waals surface area contributed by atoms with E-state index in [4.69, 9.17) is 4.42 Å². The average molecular weight is 437 g/mol. The van der Waals surface area contributed by atoms with E-state index in [2.05, 4.69) is 26.2 Å². The smallest absolute Gasteiger partial charge is 0.256 e. The van der Waals surface area contributed by atoms with Crippen LogP contribution in [0.5, 0.6) is 5.75 Å². The number of nitrogens with one attached hydrogen (secondary N) is 1. The van der Waals surface area contributed by atoms with E-state index in [1.54, 1.807) is 30.3 Å². The minimum atomic E-state index is -0.271. The summed E-state index contributed by atoms with van der Waals surface area (Å²) in [5.41, 5.74) is 4.99. The van der Waals surface area contributed by atoms with E-state index < -0.39 is 0 Å². The zero-order valence-corrected chi connectivity index (χ0v) is 16.9. The van der Waals surface area contributed by atoms with E-state index in [9.17, 15) is 9.90 Å². The van der Waals surface area contributed by atoms with Crippen LogP contribution in [0.4, 0.5) is 5.69 Å². The van der Waals surface area contributed by atoms with Gasteiger partial charge in [-0.25, -0.2) is 4.98 Å². The highest BCUT2D eigenvalue weighted by Crippen LogP contribution is 2.34. The molecule has 140 valence electrons. The number of aromatic hydroxyl groups is 1. The largest absolute Gasteiger partial charge is 0.507 e. The second kappa shape index (κ2) is 7.13. The standard InChI is InChI=1S/C22H17BrN2O3/c1-12-9-13(2)20-18(10-12)25-22(28-20)16-8-7-14(11-19(16)26)24-21(27)15-5-3-4-6-17(15)23/h3-11,26H,1-2H3,(H,24,27). The number of carbonyl (C=O) groups excluding carboxylic acids is 1. The van der Waals surface area contributed by atoms with Crippen LogP contribution in [0.25, 0.3) is 22.6 Å². The number of hydrogen-bond donors (Lipinski definition) is 2. The summed E-state index contributed by atoms with van der Waals surface area (Å²) in [6.45, 7) is 3.96. The molecule has 3 aromatic carbocycles. The zero-order chi connectivity index (χ0) is 19.8. The van der Waals surface area contributed by atoms with Crippen molar-refractivity contribution in [2.45, 2.75) is 13.8 Å². The number of nitrogens with zero attached hydrogens (tertiary/aromatic N) is 1. The first kappa shape index (κ1) is 18.3. The fourth-order valence-electron chi connectivity index (χ4n) is 3.13. The Balaban J connectivity index is 1.64. The number of carbonyl (C=O) groups is 1. The highest BCUT2D eigenvalue weighted by atomic mass is 79.9. The number of aryl methyl sites for hydroxylation is 2. The van der Waals surface area contributed by atoms with E-state index in [1.807, 2.05) is 32.0 Å². The van der Waals surface area contributed by atoms with Gasteiger partial charge >= 0.3 is 0 Å². The molecule has 0 fully saturated rings. The maximum Gasteiger partial charge on any atom is 0.256 e. The Hall–Kier alpha value is -3.12. The lowest BCUT2D eigenvalue weighted by molar-refractivity contribution is 0.102. The predicted molar refractivity (Wildman–Crippen MR) is 113 cm³/mol. The molecule has 0 saturated carbocycles. The Bertz CT molecular complexity index is 1210. The number of hydrogen-bond acceptors (Lipinski definition) is 4. The highest BCUT2D eigenvalue weighted by molar-refractivity contribution is 9.10. The molecule has 1 aromatic heterocycles. The fraction of sp³-hybridized carbons (Fsp3) is 0.0909. The highest BCUT2D eigenvalue weighted by Gasteiger charge is 2.16. The third-order valence-corrected chi connectivity index (χ3v) is 5.12. The van der Waals surface area contributed by atoms with Crippen molar-refractivity contribution < 1.29 is 14.3 Å². The first-order chi connectivity index (χ1) is 13.4. The van der Waals surface area contributed by atoms with E-state index in [1.165, 1.54) is 6.07 Å². The first-order valence-electron chi connectivity index (χ1n) is 8.69. The fourth-order valence-corrected chi connectivity index (χ4v) is 3.59. The van der Waals surface area contributed by atoms with Crippen LogP contribution in [0.3, 0.4) is 0 Å². The molecule has 2 N–H and O–H groups in total. The van der Waals surface area contributed by atoms with Crippen molar-refractivity contribution in [3.8, 4) is 17.2 Å². The summed E-state index contributed by atoms with van der Waals surface area (Å²) >= 11 is 3.36. The van der Waals surface area contributed by atoms with Crippen LogP contribution in [0.1, 0.15) is 21.5 Å². The summed E-state index contributed by atoms with van der Waals surface area (Å²) in [5, 5.41) is 13.3. The molecule has 1 heterocycles. The lowest BCUT2D eigenvalue weighted by atomic mass is 10.1. The van der Waals surface area contributed by atoms with Crippen LogP contribution in [-0.2, 0) is 0 Å². The first-order valence-corrected chi connectivity index (χ1v) is 9.49. The Morgan fingerprint density at radius 1 is 1.11 bits per heavy atom. The number of oxazole rings is 1. The number of fused-ring (bicyclic) bond motifs is 1. The van der Waals surface area contributed by atoms with Crippen molar-refractivity contribution in [2.24, 2.45) is 0 Å². The maximum absolute atomic E-state index is 12.4. The summed E-state index contributed by atoms with van der Waals surface area (Å²) in [4.78, 5) is 16.9. The minimum absolute atomic E-state index is 0.0224. The molecule has 0 bridgehead atoms. The summed E-state index contributed by atoms with van der Waals surface area (Å²) < 4.78 is 6.56. The van der Waals surface area contributed by atoms with Gasteiger partial charge in [-0.15, -0.1) is 0 Å². The number of aromatic nitrogens is 1. The lowest BCUT2D eigenvalue weighted by Gasteiger charge is -2.08. The van der Waals surface area contributed by atoms with Gasteiger partial charge in [0.15, 0.2) is 5.58 Å². The van der Waals surface area contributed by atoms with Crippen molar-refractivity contribution in [3.63, 3.8) is 0 Å². The number of halogens is 1. The summed E-state index contributed by atoms with van der Waals surface area (Å²) in [6, 6.07) is 16.0. The third-order valence-electron chi connectivity index (χ3n) is 4.42. The van der Waals surface area contributed by atoms with Gasteiger partial charge in [0, 0.05) is 16.2 Å². The van der Waals surface area contributed by atoms with Gasteiger partial charge in [0.25, 0.3) is 5.91 Å². The quantitative estimate of drug-likeness (QED) is 0.423. The summed E-state index contributed by atoms with van der Waals surface area (Å²) in [5.74, 6) is 0.0447. The van der Waals surface area contributed by atoms with Crippen LogP contribution >= 0.6 is 15.9 Å². The minimum Gasteiger partial charge on any atom is -0.507 e. The molecule has 0 aliphatic heterocycles. The number of amides is 1. The second-order valence-corrected chi connectivity index (χ2v) is 7.47. The Morgan fingerprint density at radius 2 is 1.89 bits per heavy atom. The summed E-state index contributed by atoms with van der Waals surface area (Å²) in [6.07, 6.45) is 0. The van der Waals surface area contributed by atoms with Crippen LogP contribution < -0.4 is 5.32 Å². The van der Waals surface area contributed by atoms with Gasteiger partial charge in [0.2, 0.25) is 5.89 Å². The van der Waals surface area contributed by atoms with E-state index in [-0.39, 0.29) is 11.7 Å². The van der Waals surface area contributed by atoms with Gasteiger partial charge in [-0.3, -0.25) is 4.79 Å². The number of benzene rings is 3. The molecule has 4 aromatic rings. The molecule has 5 nitrogen and oxygen atoms in total. The number of phenols is 1. The number of rotatable bonds is 3. The topological polar surface area (TPSA) is 75.4 Å². The molecule has 0 aliphatic rings. The van der Waals surface area contributed by atoms with Gasteiger partial charge in [0.1, 0.15) is 11.3 Å². The Morgan fingerprint density at radius 3 is 2.64 bits per heavy atom. The van der Waals surface area contributed by atoms with Crippen molar-refractivity contribution in [2.75, 3.05) is 5.32 Å². The van der Waals surface area contributed by atoms with Crippen molar-refractivity contribution in [1.29, 1.82) is 0 Å². The van der Waals surface area contributed by atoms with Crippen LogP contribution in [0.2, 0.25) is 0 Å². The lowest BCUT2D eigenvalue weighted by Crippen LogP contribution is -2.12. The van der Waals surface area contributed by atoms with Gasteiger partial charge in [0.05, 0.1) is 11.1 Å². The zero-order valence-electron chi connectivity index (χ0n) is 15.3. The Labute approximate surface area is 170 Å². The van der Waals surface area contributed by atoms with Crippen molar-refractivity contribution in [1.82, 2.24) is 4.98 Å². The monoisotopic (exact) mass is 436 g/mol. The molecular formula is C22H17BrN2O3. The molecule has 28 heavy (non-hydrogen) atoms. The molecule has 4 rings (SSSR count). The normalized spacial score (nSPS) is 11.0. The maximum atomic E-state index is 12.4. The van der Waals surface area contributed by atoms with Crippen LogP contribution in [0, 0.1) is 13.8 Å². The second-order valence-electron chi connectivity index (χ2n) is 6.61. The third kappa shape index (κ3) is 3.39. The van der Waals surface area contributed by atoms with Gasteiger partial charge < -0.3 is 14.8 Å². The van der Waals surface area contributed by atoms with E-state index in [0.717, 1.165) is 16.6 Å². The van der Waals surface area contributed by atoms with Gasteiger partial charge in [-0.05, 0) is 71.2 Å². The van der Waals surface area contributed by atoms with Crippen molar-refractivity contribution in [3.05, 3.63) is 75.8 Å². The van der Waals surface area contributed by atoms with Crippen molar-refractivity contribution >= 4 is 38.6 Å². The Kier molecular flexibility index (Phi) is 4.65. The molecule has 0 spiro atoms. The van der Waals surface area contributed by atoms with E-state index in [0.29, 0.717) is 32.8 Å². The van der Waals surface area contributed by atoms with Crippen LogP contribution in [-0.4, -0.2) is 16.0 Å². The molecule has 0 aliphatic carbocycles. The van der Waals surface area contributed by atoms with Gasteiger partial charge in [-0.2, -0.15) is 0 Å². The molecule has 0 saturated heterocycles. The number of anilines is 1. The molecule has 6 heteroatoms. The van der Waals surface area contributed by atoms with E-state index >= 15 is 0 Å².